The van der Waals surface area contributed by atoms with Crippen molar-refractivity contribution in [1.82, 2.24) is 0 Å². The Kier molecular flexibility index (Phi) is 3.63. The number of aromatic carboxylic acids is 1. The fourth-order valence-corrected chi connectivity index (χ4v) is 1.82. The third kappa shape index (κ3) is 2.97. The van der Waals surface area contributed by atoms with Gasteiger partial charge < -0.3 is 9.84 Å². The molecule has 0 aromatic heterocycles. The van der Waals surface area contributed by atoms with E-state index < -0.39 is 5.97 Å². The average Bonchev–Trinajstić information content (AvgIpc) is 2.33. The molecule has 86 valence electrons. The first-order chi connectivity index (χ1) is 8.16. The van der Waals surface area contributed by atoms with E-state index in [2.05, 4.69) is 22.6 Å². The second kappa shape index (κ2) is 5.18. The van der Waals surface area contributed by atoms with Gasteiger partial charge in [0.15, 0.2) is 0 Å². The van der Waals surface area contributed by atoms with Crippen LogP contribution in [0, 0.1) is 3.57 Å². The van der Waals surface area contributed by atoms with Crippen LogP contribution in [0.3, 0.4) is 0 Å². The molecule has 0 atom stereocenters. The van der Waals surface area contributed by atoms with Gasteiger partial charge in [0, 0.05) is 0 Å². The minimum absolute atomic E-state index is 0.250. The number of benzene rings is 2. The maximum absolute atomic E-state index is 10.7. The minimum atomic E-state index is -0.939. The molecule has 0 aliphatic heterocycles. The third-order valence-corrected chi connectivity index (χ3v) is 3.06. The van der Waals surface area contributed by atoms with Crippen LogP contribution in [-0.4, -0.2) is 11.1 Å². The molecule has 17 heavy (non-hydrogen) atoms. The van der Waals surface area contributed by atoms with Gasteiger partial charge in [-0.1, -0.05) is 12.1 Å². The Morgan fingerprint density at radius 1 is 1.06 bits per heavy atom. The number of carbonyl (C=O) groups is 1. The van der Waals surface area contributed by atoms with E-state index in [1.165, 1.54) is 12.1 Å². The van der Waals surface area contributed by atoms with Crippen LogP contribution >= 0.6 is 22.6 Å². The van der Waals surface area contributed by atoms with Gasteiger partial charge in [0.1, 0.15) is 11.5 Å². The number of para-hydroxylation sites is 1. The van der Waals surface area contributed by atoms with Crippen molar-refractivity contribution in [3.63, 3.8) is 0 Å². The molecule has 3 nitrogen and oxygen atoms in total. The van der Waals surface area contributed by atoms with Crippen LogP contribution in [0.1, 0.15) is 10.4 Å². The highest BCUT2D eigenvalue weighted by Gasteiger charge is 2.04. The van der Waals surface area contributed by atoms with Crippen molar-refractivity contribution < 1.29 is 14.6 Å². The van der Waals surface area contributed by atoms with Crippen LogP contribution in [0.25, 0.3) is 0 Å². The van der Waals surface area contributed by atoms with Crippen molar-refractivity contribution >= 4 is 28.6 Å². The van der Waals surface area contributed by atoms with Gasteiger partial charge in [-0.2, -0.15) is 0 Å². The topological polar surface area (TPSA) is 46.5 Å². The van der Waals surface area contributed by atoms with Crippen molar-refractivity contribution in [2.75, 3.05) is 0 Å². The Labute approximate surface area is 112 Å². The van der Waals surface area contributed by atoms with E-state index in [0.29, 0.717) is 5.75 Å². The van der Waals surface area contributed by atoms with Gasteiger partial charge in [-0.15, -0.1) is 0 Å². The quantitative estimate of drug-likeness (QED) is 0.865. The Bertz CT molecular complexity index is 535. The molecular formula is C13H9IO3. The van der Waals surface area contributed by atoms with Crippen LogP contribution in [0.15, 0.2) is 48.5 Å². The van der Waals surface area contributed by atoms with Crippen molar-refractivity contribution in [2.24, 2.45) is 0 Å². The molecule has 2 aromatic rings. The first-order valence-corrected chi connectivity index (χ1v) is 6.00. The van der Waals surface area contributed by atoms with E-state index in [1.807, 2.05) is 24.3 Å². The molecule has 0 radical (unpaired) electrons. The average molecular weight is 340 g/mol. The highest BCUT2D eigenvalue weighted by Crippen LogP contribution is 2.26. The molecule has 0 aliphatic rings. The molecule has 0 bridgehead atoms. The summed E-state index contributed by atoms with van der Waals surface area (Å²) in [6.07, 6.45) is 0. The molecule has 0 spiro atoms. The number of carboxylic acids is 1. The first kappa shape index (κ1) is 11.9. The molecule has 0 unspecified atom stereocenters. The van der Waals surface area contributed by atoms with Crippen LogP contribution < -0.4 is 4.74 Å². The van der Waals surface area contributed by atoms with Gasteiger partial charge in [-0.05, 0) is 59.0 Å². The molecule has 2 rings (SSSR count). The summed E-state index contributed by atoms with van der Waals surface area (Å²) in [7, 11) is 0. The van der Waals surface area contributed by atoms with Gasteiger partial charge in [-0.3, -0.25) is 0 Å². The Hall–Kier alpha value is -1.56. The van der Waals surface area contributed by atoms with Crippen LogP contribution in [0.2, 0.25) is 0 Å². The summed E-state index contributed by atoms with van der Waals surface area (Å²) in [4.78, 5) is 10.7. The highest BCUT2D eigenvalue weighted by atomic mass is 127. The van der Waals surface area contributed by atoms with Crippen LogP contribution in [0.4, 0.5) is 0 Å². The summed E-state index contributed by atoms with van der Waals surface area (Å²) in [5.74, 6) is 0.445. The lowest BCUT2D eigenvalue weighted by molar-refractivity contribution is 0.0697. The minimum Gasteiger partial charge on any atom is -0.478 e. The third-order valence-electron chi connectivity index (χ3n) is 2.17. The standard InChI is InChI=1S/C13H9IO3/c14-11-3-1-2-4-12(11)17-10-7-5-9(6-8-10)13(15)16/h1-8H,(H,15,16). The van der Waals surface area contributed by atoms with Gasteiger partial charge in [0.25, 0.3) is 0 Å². The normalized spacial score (nSPS) is 9.94. The SMILES string of the molecule is O=C(O)c1ccc(Oc2ccccc2I)cc1. The molecule has 1 N–H and O–H groups in total. The summed E-state index contributed by atoms with van der Waals surface area (Å²) >= 11 is 2.19. The summed E-state index contributed by atoms with van der Waals surface area (Å²) in [6.45, 7) is 0. The lowest BCUT2D eigenvalue weighted by Gasteiger charge is -2.07. The van der Waals surface area contributed by atoms with E-state index in [-0.39, 0.29) is 5.56 Å². The Morgan fingerprint density at radius 3 is 2.29 bits per heavy atom. The monoisotopic (exact) mass is 340 g/mol. The largest absolute Gasteiger partial charge is 0.478 e. The summed E-state index contributed by atoms with van der Waals surface area (Å²) in [5.41, 5.74) is 0.250. The zero-order valence-corrected chi connectivity index (χ0v) is 10.9. The van der Waals surface area contributed by atoms with E-state index in [0.717, 1.165) is 9.32 Å². The smallest absolute Gasteiger partial charge is 0.335 e. The fraction of sp³-hybridized carbons (Fsp3) is 0. The highest BCUT2D eigenvalue weighted by molar-refractivity contribution is 14.1. The van der Waals surface area contributed by atoms with Crippen molar-refractivity contribution in [1.29, 1.82) is 0 Å². The number of hydrogen-bond acceptors (Lipinski definition) is 2. The van der Waals surface area contributed by atoms with E-state index in [9.17, 15) is 4.79 Å². The summed E-state index contributed by atoms with van der Waals surface area (Å²) in [6, 6.07) is 14.0. The Morgan fingerprint density at radius 2 is 1.71 bits per heavy atom. The maximum atomic E-state index is 10.7. The molecule has 0 aliphatic carbocycles. The molecule has 2 aromatic carbocycles. The molecule has 0 fully saturated rings. The number of carboxylic acid groups (broad SMARTS) is 1. The molecule has 0 saturated carbocycles. The number of hydrogen-bond donors (Lipinski definition) is 1. The fourth-order valence-electron chi connectivity index (χ4n) is 1.32. The van der Waals surface area contributed by atoms with Crippen molar-refractivity contribution in [3.8, 4) is 11.5 Å². The lowest BCUT2D eigenvalue weighted by atomic mass is 10.2. The number of halogens is 1. The van der Waals surface area contributed by atoms with Crippen molar-refractivity contribution in [3.05, 3.63) is 57.7 Å². The zero-order chi connectivity index (χ0) is 12.3. The predicted octanol–water partition coefficient (Wildman–Crippen LogP) is 3.78. The molecule has 0 heterocycles. The maximum Gasteiger partial charge on any atom is 0.335 e. The molecule has 4 heteroatoms. The van der Waals surface area contributed by atoms with Crippen molar-refractivity contribution in [2.45, 2.75) is 0 Å². The van der Waals surface area contributed by atoms with Gasteiger partial charge in [0.2, 0.25) is 0 Å². The van der Waals surface area contributed by atoms with Gasteiger partial charge in [0.05, 0.1) is 9.13 Å². The van der Waals surface area contributed by atoms with Crippen LogP contribution in [0.5, 0.6) is 11.5 Å². The first-order valence-electron chi connectivity index (χ1n) is 4.92. The van der Waals surface area contributed by atoms with E-state index in [4.69, 9.17) is 9.84 Å². The molecule has 0 amide bonds. The molecular weight excluding hydrogens is 331 g/mol. The summed E-state index contributed by atoms with van der Waals surface area (Å²) < 4.78 is 6.65. The summed E-state index contributed by atoms with van der Waals surface area (Å²) in [5, 5.41) is 8.77. The second-order valence-corrected chi connectivity index (χ2v) is 4.52. The number of rotatable bonds is 3. The van der Waals surface area contributed by atoms with E-state index in [1.54, 1.807) is 12.1 Å². The van der Waals surface area contributed by atoms with Gasteiger partial charge >= 0.3 is 5.97 Å². The zero-order valence-electron chi connectivity index (χ0n) is 8.76. The lowest BCUT2D eigenvalue weighted by Crippen LogP contribution is -1.95. The van der Waals surface area contributed by atoms with E-state index >= 15 is 0 Å². The van der Waals surface area contributed by atoms with Gasteiger partial charge in [-0.25, -0.2) is 4.79 Å². The Balaban J connectivity index is 2.20. The van der Waals surface area contributed by atoms with Crippen LogP contribution in [-0.2, 0) is 0 Å². The second-order valence-electron chi connectivity index (χ2n) is 3.36. The number of ether oxygens (including phenoxy) is 1. The molecule has 0 saturated heterocycles. The predicted molar refractivity (Wildman–Crippen MR) is 72.6 cm³/mol.